The van der Waals surface area contributed by atoms with Crippen LogP contribution in [0.3, 0.4) is 0 Å². The minimum Gasteiger partial charge on any atom is -0.250 e. The first-order chi connectivity index (χ1) is 12.3. The van der Waals surface area contributed by atoms with Crippen molar-refractivity contribution in [3.8, 4) is 0 Å². The predicted octanol–water partition coefficient (Wildman–Crippen LogP) is 2.96. The van der Waals surface area contributed by atoms with Gasteiger partial charge in [0.05, 0.1) is 11.1 Å². The molecule has 6 nitrogen and oxygen atoms in total. The zero-order valence-corrected chi connectivity index (χ0v) is 15.4. The summed E-state index contributed by atoms with van der Waals surface area (Å²) in [6.45, 7) is 0. The Morgan fingerprint density at radius 3 is 2.46 bits per heavy atom. The van der Waals surface area contributed by atoms with E-state index in [2.05, 4.69) is 15.3 Å². The Labute approximate surface area is 154 Å². The second kappa shape index (κ2) is 7.30. The van der Waals surface area contributed by atoms with E-state index in [0.29, 0.717) is 17.0 Å². The van der Waals surface area contributed by atoms with Crippen LogP contribution in [-0.4, -0.2) is 35.8 Å². The standard InChI is InChI=1S/C17H15FN4O2S2/c1-26(23,24)15-8-4-12(5-9-15)10-16-20-21-17(25)22(16)19-11-13-2-6-14(18)7-3-13/h2-9,11H,10H2,1H3,(H,21,25)/b19-11+. The molecular weight excluding hydrogens is 375 g/mol. The first kappa shape index (κ1) is 18.2. The summed E-state index contributed by atoms with van der Waals surface area (Å²) in [5.41, 5.74) is 1.59. The van der Waals surface area contributed by atoms with Crippen molar-refractivity contribution in [1.82, 2.24) is 14.9 Å². The first-order valence-electron chi connectivity index (χ1n) is 7.58. The molecule has 26 heavy (non-hydrogen) atoms. The van der Waals surface area contributed by atoms with Crippen LogP contribution >= 0.6 is 12.2 Å². The highest BCUT2D eigenvalue weighted by molar-refractivity contribution is 7.90. The number of aromatic nitrogens is 3. The number of benzene rings is 2. The number of nitrogens with zero attached hydrogens (tertiary/aromatic N) is 3. The second-order valence-electron chi connectivity index (χ2n) is 5.65. The Morgan fingerprint density at radius 2 is 1.85 bits per heavy atom. The molecule has 0 atom stereocenters. The summed E-state index contributed by atoms with van der Waals surface area (Å²) < 4.78 is 37.8. The number of nitrogens with one attached hydrogen (secondary N) is 1. The molecule has 0 saturated carbocycles. The van der Waals surface area contributed by atoms with E-state index in [9.17, 15) is 12.8 Å². The van der Waals surface area contributed by atoms with Crippen LogP contribution in [-0.2, 0) is 16.3 Å². The van der Waals surface area contributed by atoms with Crippen molar-refractivity contribution in [1.29, 1.82) is 0 Å². The lowest BCUT2D eigenvalue weighted by atomic mass is 10.1. The Balaban J connectivity index is 1.84. The zero-order chi connectivity index (χ0) is 18.7. The molecule has 1 aromatic heterocycles. The van der Waals surface area contributed by atoms with E-state index in [0.717, 1.165) is 17.4 Å². The fourth-order valence-corrected chi connectivity index (χ4v) is 3.10. The molecule has 0 aliphatic rings. The molecule has 2 aromatic carbocycles. The molecule has 0 aliphatic carbocycles. The predicted molar refractivity (Wildman–Crippen MR) is 99.2 cm³/mol. The molecule has 0 spiro atoms. The van der Waals surface area contributed by atoms with Gasteiger partial charge in [-0.25, -0.2) is 12.8 Å². The fraction of sp³-hybridized carbons (Fsp3) is 0.118. The van der Waals surface area contributed by atoms with E-state index in [-0.39, 0.29) is 10.7 Å². The van der Waals surface area contributed by atoms with Gasteiger partial charge in [0.15, 0.2) is 15.7 Å². The number of sulfone groups is 1. The van der Waals surface area contributed by atoms with Crippen molar-refractivity contribution in [2.45, 2.75) is 11.3 Å². The normalized spacial score (nSPS) is 11.9. The summed E-state index contributed by atoms with van der Waals surface area (Å²) in [6, 6.07) is 12.5. The lowest BCUT2D eigenvalue weighted by Crippen LogP contribution is -2.01. The van der Waals surface area contributed by atoms with E-state index in [1.165, 1.54) is 16.8 Å². The largest absolute Gasteiger partial charge is 0.250 e. The lowest BCUT2D eigenvalue weighted by molar-refractivity contribution is 0.602. The van der Waals surface area contributed by atoms with Crippen LogP contribution in [0, 0.1) is 10.6 Å². The molecule has 0 unspecified atom stereocenters. The average Bonchev–Trinajstić information content (AvgIpc) is 2.94. The Bertz CT molecular complexity index is 1100. The number of halogens is 1. The SMILES string of the molecule is CS(=O)(=O)c1ccc(Cc2n[nH]c(=S)n2/N=C/c2ccc(F)cc2)cc1. The summed E-state index contributed by atoms with van der Waals surface area (Å²) in [7, 11) is -3.23. The summed E-state index contributed by atoms with van der Waals surface area (Å²) in [5, 5.41) is 11.1. The van der Waals surface area contributed by atoms with Gasteiger partial charge in [-0.05, 0) is 47.6 Å². The highest BCUT2D eigenvalue weighted by Gasteiger charge is 2.09. The lowest BCUT2D eigenvalue weighted by Gasteiger charge is -2.03. The molecule has 1 heterocycles. The minimum atomic E-state index is -3.23. The smallest absolute Gasteiger partial charge is 0.216 e. The number of aromatic amines is 1. The van der Waals surface area contributed by atoms with Gasteiger partial charge >= 0.3 is 0 Å². The number of rotatable bonds is 5. The van der Waals surface area contributed by atoms with Crippen molar-refractivity contribution < 1.29 is 12.8 Å². The van der Waals surface area contributed by atoms with Gasteiger partial charge in [-0.1, -0.05) is 24.3 Å². The van der Waals surface area contributed by atoms with Crippen LogP contribution in [0.4, 0.5) is 4.39 Å². The van der Waals surface area contributed by atoms with Crippen LogP contribution in [0.25, 0.3) is 0 Å². The number of hydrogen-bond acceptors (Lipinski definition) is 5. The third kappa shape index (κ3) is 4.30. The van der Waals surface area contributed by atoms with Crippen LogP contribution in [0.2, 0.25) is 0 Å². The minimum absolute atomic E-state index is 0.259. The first-order valence-corrected chi connectivity index (χ1v) is 9.88. The highest BCUT2D eigenvalue weighted by Crippen LogP contribution is 2.13. The van der Waals surface area contributed by atoms with Gasteiger partial charge in [0.2, 0.25) is 4.77 Å². The summed E-state index contributed by atoms with van der Waals surface area (Å²) >= 11 is 5.19. The quantitative estimate of drug-likeness (QED) is 0.537. The number of hydrogen-bond donors (Lipinski definition) is 1. The van der Waals surface area contributed by atoms with Gasteiger partial charge in [0.25, 0.3) is 0 Å². The molecule has 9 heteroatoms. The maximum absolute atomic E-state index is 13.0. The fourth-order valence-electron chi connectivity index (χ4n) is 2.27. The van der Waals surface area contributed by atoms with Crippen molar-refractivity contribution >= 4 is 28.3 Å². The third-order valence-electron chi connectivity index (χ3n) is 3.62. The third-order valence-corrected chi connectivity index (χ3v) is 5.02. The molecule has 0 amide bonds. The van der Waals surface area contributed by atoms with Gasteiger partial charge in [-0.3, -0.25) is 5.10 Å². The van der Waals surface area contributed by atoms with Crippen LogP contribution in [0.15, 0.2) is 58.5 Å². The maximum Gasteiger partial charge on any atom is 0.216 e. The van der Waals surface area contributed by atoms with Crippen LogP contribution in [0.5, 0.6) is 0 Å². The van der Waals surface area contributed by atoms with Gasteiger partial charge in [-0.15, -0.1) is 0 Å². The van der Waals surface area contributed by atoms with Crippen molar-refractivity contribution in [2.24, 2.45) is 5.10 Å². The van der Waals surface area contributed by atoms with E-state index < -0.39 is 9.84 Å². The molecule has 0 fully saturated rings. The van der Waals surface area contributed by atoms with E-state index in [1.807, 2.05) is 0 Å². The topological polar surface area (TPSA) is 80.1 Å². The van der Waals surface area contributed by atoms with Gasteiger partial charge in [0.1, 0.15) is 5.82 Å². The zero-order valence-electron chi connectivity index (χ0n) is 13.8. The van der Waals surface area contributed by atoms with E-state index >= 15 is 0 Å². The Morgan fingerprint density at radius 1 is 1.19 bits per heavy atom. The molecule has 0 aliphatic heterocycles. The van der Waals surface area contributed by atoms with Crippen molar-refractivity contribution in [3.63, 3.8) is 0 Å². The van der Waals surface area contributed by atoms with Gasteiger partial charge in [-0.2, -0.15) is 14.9 Å². The molecule has 0 bridgehead atoms. The average molecular weight is 390 g/mol. The molecule has 3 rings (SSSR count). The van der Waals surface area contributed by atoms with Crippen LogP contribution in [0.1, 0.15) is 17.0 Å². The Hall–Kier alpha value is -2.65. The van der Waals surface area contributed by atoms with Gasteiger partial charge in [0, 0.05) is 12.7 Å². The van der Waals surface area contributed by atoms with E-state index in [4.69, 9.17) is 12.2 Å². The monoisotopic (exact) mass is 390 g/mol. The second-order valence-corrected chi connectivity index (χ2v) is 8.05. The van der Waals surface area contributed by atoms with Crippen molar-refractivity contribution in [3.05, 3.63) is 76.1 Å². The highest BCUT2D eigenvalue weighted by atomic mass is 32.2. The summed E-state index contributed by atoms with van der Waals surface area (Å²) in [5.74, 6) is 0.251. The summed E-state index contributed by atoms with van der Waals surface area (Å²) in [6.07, 6.45) is 3.14. The van der Waals surface area contributed by atoms with Gasteiger partial charge < -0.3 is 0 Å². The van der Waals surface area contributed by atoms with Crippen LogP contribution < -0.4 is 0 Å². The molecule has 134 valence electrons. The van der Waals surface area contributed by atoms with E-state index in [1.54, 1.807) is 42.6 Å². The molecule has 0 radical (unpaired) electrons. The molecule has 1 N–H and O–H groups in total. The molecule has 3 aromatic rings. The molecular formula is C17H15FN4O2S2. The number of H-pyrrole nitrogens is 1. The van der Waals surface area contributed by atoms with Crippen molar-refractivity contribution in [2.75, 3.05) is 6.26 Å². The summed E-state index contributed by atoms with van der Waals surface area (Å²) in [4.78, 5) is 0.259. The Kier molecular flexibility index (Phi) is 5.10. The molecule has 0 saturated heterocycles. The maximum atomic E-state index is 13.0.